The first kappa shape index (κ1) is 14.1. The Morgan fingerprint density at radius 2 is 2.05 bits per heavy atom. The lowest BCUT2D eigenvalue weighted by Crippen LogP contribution is -2.28. The number of carbonyl (C=O) groups is 1. The van der Waals surface area contributed by atoms with Gasteiger partial charge in [0.1, 0.15) is 11.3 Å². The van der Waals surface area contributed by atoms with Gasteiger partial charge >= 0.3 is 0 Å². The van der Waals surface area contributed by atoms with Crippen LogP contribution in [-0.4, -0.2) is 17.5 Å². The summed E-state index contributed by atoms with van der Waals surface area (Å²) in [7, 11) is 0. The molecule has 1 amide bonds. The molecule has 1 N–H and O–H groups in total. The van der Waals surface area contributed by atoms with Gasteiger partial charge in [-0.1, -0.05) is 24.3 Å². The van der Waals surface area contributed by atoms with E-state index in [9.17, 15) is 4.79 Å². The normalized spacial score (nSPS) is 10.6. The van der Waals surface area contributed by atoms with Crippen LogP contribution in [0.4, 0.5) is 0 Å². The molecule has 3 aromatic rings. The molecule has 112 valence electrons. The molecular weight excluding hydrogens is 280 g/mol. The summed E-state index contributed by atoms with van der Waals surface area (Å²) in [6, 6.07) is 14.9. The van der Waals surface area contributed by atoms with Crippen LogP contribution in [0.3, 0.4) is 0 Å². The molecule has 0 spiro atoms. The number of para-hydroxylation sites is 1. The van der Waals surface area contributed by atoms with E-state index in [0.717, 1.165) is 16.7 Å². The van der Waals surface area contributed by atoms with Crippen LogP contribution in [0.2, 0.25) is 0 Å². The van der Waals surface area contributed by atoms with Crippen molar-refractivity contribution in [1.82, 2.24) is 10.3 Å². The number of benzene rings is 2. The van der Waals surface area contributed by atoms with Crippen molar-refractivity contribution >= 4 is 17.0 Å². The van der Waals surface area contributed by atoms with Crippen molar-refractivity contribution in [3.63, 3.8) is 0 Å². The molecule has 5 nitrogen and oxygen atoms in total. The Morgan fingerprint density at radius 1 is 1.23 bits per heavy atom. The summed E-state index contributed by atoms with van der Waals surface area (Å²) in [5, 5.41) is 2.82. The first-order valence-corrected chi connectivity index (χ1v) is 7.01. The Bertz CT molecular complexity index is 781. The molecule has 0 aliphatic heterocycles. The number of hydrogen-bond acceptors (Lipinski definition) is 4. The highest BCUT2D eigenvalue weighted by molar-refractivity contribution is 5.78. The monoisotopic (exact) mass is 296 g/mol. The molecular formula is C17H16N2O3. The van der Waals surface area contributed by atoms with Gasteiger partial charge in [0, 0.05) is 13.5 Å². The van der Waals surface area contributed by atoms with Crippen LogP contribution in [-0.2, 0) is 11.3 Å². The Kier molecular flexibility index (Phi) is 4.05. The van der Waals surface area contributed by atoms with Gasteiger partial charge in [-0.15, -0.1) is 0 Å². The van der Waals surface area contributed by atoms with Crippen molar-refractivity contribution in [3.8, 4) is 5.75 Å². The van der Waals surface area contributed by atoms with Crippen molar-refractivity contribution in [3.05, 3.63) is 60.0 Å². The molecule has 3 rings (SSSR count). The van der Waals surface area contributed by atoms with E-state index in [1.165, 1.54) is 0 Å². The minimum atomic E-state index is -0.166. The summed E-state index contributed by atoms with van der Waals surface area (Å²) >= 11 is 0. The zero-order chi connectivity index (χ0) is 15.4. The summed E-state index contributed by atoms with van der Waals surface area (Å²) in [5.74, 6) is 1.14. The first-order chi connectivity index (χ1) is 10.7. The molecule has 0 aliphatic carbocycles. The molecule has 2 aromatic carbocycles. The minimum Gasteiger partial charge on any atom is -0.484 e. The molecule has 0 atom stereocenters. The fourth-order valence-corrected chi connectivity index (χ4v) is 2.12. The molecule has 0 fully saturated rings. The average molecular weight is 296 g/mol. The van der Waals surface area contributed by atoms with Gasteiger partial charge in [-0.2, -0.15) is 0 Å². The molecule has 5 heteroatoms. The third kappa shape index (κ3) is 3.44. The van der Waals surface area contributed by atoms with Gasteiger partial charge in [-0.25, -0.2) is 4.98 Å². The number of carbonyl (C=O) groups excluding carboxylic acids is 1. The van der Waals surface area contributed by atoms with E-state index < -0.39 is 0 Å². The van der Waals surface area contributed by atoms with Crippen LogP contribution in [0.25, 0.3) is 11.1 Å². The third-order valence-electron chi connectivity index (χ3n) is 3.16. The molecule has 0 aliphatic rings. The molecule has 1 aromatic heterocycles. The van der Waals surface area contributed by atoms with Crippen molar-refractivity contribution in [1.29, 1.82) is 0 Å². The summed E-state index contributed by atoms with van der Waals surface area (Å²) in [6.07, 6.45) is 0. The fraction of sp³-hybridized carbons (Fsp3) is 0.176. The lowest BCUT2D eigenvalue weighted by Gasteiger charge is -2.07. The number of nitrogens with zero attached hydrogens (tertiary/aromatic N) is 1. The molecule has 22 heavy (non-hydrogen) atoms. The van der Waals surface area contributed by atoms with Crippen molar-refractivity contribution in [2.75, 3.05) is 6.61 Å². The predicted octanol–water partition coefficient (Wildman–Crippen LogP) is 2.83. The second-order valence-electron chi connectivity index (χ2n) is 4.91. The smallest absolute Gasteiger partial charge is 0.258 e. The number of rotatable bonds is 5. The van der Waals surface area contributed by atoms with Crippen LogP contribution >= 0.6 is 0 Å². The van der Waals surface area contributed by atoms with Crippen LogP contribution in [0, 0.1) is 6.92 Å². The van der Waals surface area contributed by atoms with E-state index in [2.05, 4.69) is 10.3 Å². The third-order valence-corrected chi connectivity index (χ3v) is 3.16. The summed E-state index contributed by atoms with van der Waals surface area (Å²) in [4.78, 5) is 16.1. The maximum atomic E-state index is 11.8. The van der Waals surface area contributed by atoms with E-state index in [1.807, 2.05) is 55.5 Å². The number of fused-ring (bicyclic) bond motifs is 1. The Hall–Kier alpha value is -2.82. The van der Waals surface area contributed by atoms with E-state index in [1.54, 1.807) is 0 Å². The van der Waals surface area contributed by atoms with Crippen LogP contribution in [0.5, 0.6) is 5.75 Å². The lowest BCUT2D eigenvalue weighted by molar-refractivity contribution is -0.123. The Labute approximate surface area is 127 Å². The maximum Gasteiger partial charge on any atom is 0.258 e. The molecule has 0 radical (unpaired) electrons. The standard InChI is InChI=1S/C17H16N2O3/c1-12-19-15-9-13(7-8-16(15)22-12)10-18-17(20)11-21-14-5-3-2-4-6-14/h2-9H,10-11H2,1H3,(H,18,20). The molecule has 0 unspecified atom stereocenters. The van der Waals surface area contributed by atoms with Gasteiger partial charge < -0.3 is 14.5 Å². The zero-order valence-corrected chi connectivity index (χ0v) is 12.2. The maximum absolute atomic E-state index is 11.8. The highest BCUT2D eigenvalue weighted by Crippen LogP contribution is 2.16. The van der Waals surface area contributed by atoms with Gasteiger partial charge in [-0.05, 0) is 29.8 Å². The van der Waals surface area contributed by atoms with Gasteiger partial charge in [-0.3, -0.25) is 4.79 Å². The number of amides is 1. The van der Waals surface area contributed by atoms with E-state index in [-0.39, 0.29) is 12.5 Å². The average Bonchev–Trinajstić information content (AvgIpc) is 2.91. The number of nitrogens with one attached hydrogen (secondary N) is 1. The van der Waals surface area contributed by atoms with Crippen molar-refractivity contribution in [2.24, 2.45) is 0 Å². The highest BCUT2D eigenvalue weighted by Gasteiger charge is 2.05. The Morgan fingerprint density at radius 3 is 2.86 bits per heavy atom. The van der Waals surface area contributed by atoms with Gasteiger partial charge in [0.05, 0.1) is 0 Å². The minimum absolute atomic E-state index is 0.00464. The number of oxazole rings is 1. The Balaban J connectivity index is 1.53. The largest absolute Gasteiger partial charge is 0.484 e. The topological polar surface area (TPSA) is 64.4 Å². The second-order valence-corrected chi connectivity index (χ2v) is 4.91. The van der Waals surface area contributed by atoms with E-state index >= 15 is 0 Å². The van der Waals surface area contributed by atoms with Crippen molar-refractivity contribution < 1.29 is 13.9 Å². The summed E-state index contributed by atoms with van der Waals surface area (Å²) in [5.41, 5.74) is 2.51. The van der Waals surface area contributed by atoms with Crippen LogP contribution < -0.4 is 10.1 Å². The molecule has 0 saturated heterocycles. The summed E-state index contributed by atoms with van der Waals surface area (Å²) < 4.78 is 10.8. The quantitative estimate of drug-likeness (QED) is 0.786. The number of aromatic nitrogens is 1. The SMILES string of the molecule is Cc1nc2cc(CNC(=O)COc3ccccc3)ccc2o1. The molecule has 0 bridgehead atoms. The van der Waals surface area contributed by atoms with Gasteiger partial charge in [0.15, 0.2) is 18.1 Å². The van der Waals surface area contributed by atoms with Gasteiger partial charge in [0.25, 0.3) is 5.91 Å². The molecule has 1 heterocycles. The van der Waals surface area contributed by atoms with Gasteiger partial charge in [0.2, 0.25) is 0 Å². The lowest BCUT2D eigenvalue weighted by atomic mass is 10.2. The molecule has 0 saturated carbocycles. The van der Waals surface area contributed by atoms with E-state index in [0.29, 0.717) is 18.2 Å². The first-order valence-electron chi connectivity index (χ1n) is 7.01. The second kappa shape index (κ2) is 6.30. The number of aryl methyl sites for hydroxylation is 1. The van der Waals surface area contributed by atoms with Crippen LogP contribution in [0.15, 0.2) is 52.9 Å². The van der Waals surface area contributed by atoms with Crippen molar-refractivity contribution in [2.45, 2.75) is 13.5 Å². The fourth-order valence-electron chi connectivity index (χ4n) is 2.12. The number of hydrogen-bond donors (Lipinski definition) is 1. The van der Waals surface area contributed by atoms with Crippen LogP contribution in [0.1, 0.15) is 11.5 Å². The summed E-state index contributed by atoms with van der Waals surface area (Å²) in [6.45, 7) is 2.23. The zero-order valence-electron chi connectivity index (χ0n) is 12.2. The predicted molar refractivity (Wildman–Crippen MR) is 82.5 cm³/mol. The van der Waals surface area contributed by atoms with E-state index in [4.69, 9.17) is 9.15 Å². The highest BCUT2D eigenvalue weighted by atomic mass is 16.5. The number of ether oxygens (including phenoxy) is 1.